The average Bonchev–Trinajstić information content (AvgIpc) is 2.27. The van der Waals surface area contributed by atoms with Gasteiger partial charge in [0, 0.05) is 39.1 Å². The van der Waals surface area contributed by atoms with Crippen LogP contribution >= 0.6 is 0 Å². The highest BCUT2D eigenvalue weighted by atomic mass is 16.5. The molecule has 1 rings (SSSR count). The molecular formula is C15H32N2O2. The predicted octanol–water partition coefficient (Wildman–Crippen LogP) is 2.09. The third-order valence-electron chi connectivity index (χ3n) is 3.19. The first-order chi connectivity index (χ1) is 8.40. The summed E-state index contributed by atoms with van der Waals surface area (Å²) in [6, 6.07) is 0. The van der Waals surface area contributed by atoms with Crippen LogP contribution in [0.1, 0.15) is 35.1 Å². The molecule has 1 saturated heterocycles. The van der Waals surface area contributed by atoms with E-state index in [-0.39, 0.29) is 25.4 Å². The van der Waals surface area contributed by atoms with Gasteiger partial charge in [0.15, 0.2) is 0 Å². The Morgan fingerprint density at radius 2 is 2.00 bits per heavy atom. The largest absolute Gasteiger partial charge is 0.374 e. The summed E-state index contributed by atoms with van der Waals surface area (Å²) >= 11 is 0. The van der Waals surface area contributed by atoms with E-state index in [0.717, 1.165) is 26.2 Å². The Kier molecular flexibility index (Phi) is 8.26. The van der Waals surface area contributed by atoms with Crippen LogP contribution in [0.3, 0.4) is 0 Å². The molecule has 0 aliphatic carbocycles. The number of nitrogens with zero attached hydrogens (tertiary/aromatic N) is 2. The summed E-state index contributed by atoms with van der Waals surface area (Å²) in [6.45, 7) is 12.9. The van der Waals surface area contributed by atoms with E-state index in [2.05, 4.69) is 18.7 Å². The van der Waals surface area contributed by atoms with Crippen molar-refractivity contribution in [3.05, 3.63) is 0 Å². The number of ether oxygens (including phenoxy) is 1. The van der Waals surface area contributed by atoms with E-state index in [1.165, 1.54) is 0 Å². The minimum atomic E-state index is 0. The lowest BCUT2D eigenvalue weighted by molar-refractivity contribution is -0.136. The molecule has 4 nitrogen and oxygen atoms in total. The first-order valence-corrected chi connectivity index (χ1v) is 6.99. The highest BCUT2D eigenvalue weighted by Crippen LogP contribution is 2.10. The third-order valence-corrected chi connectivity index (χ3v) is 3.19. The Hall–Kier alpha value is -0.610. The zero-order valence-corrected chi connectivity index (χ0v) is 12.5. The van der Waals surface area contributed by atoms with Gasteiger partial charge in [0.2, 0.25) is 5.91 Å². The van der Waals surface area contributed by atoms with Gasteiger partial charge in [-0.1, -0.05) is 35.1 Å². The number of carbonyl (C=O) groups excluding carboxylic acids is 1. The maximum absolute atomic E-state index is 11.8. The molecule has 1 aliphatic heterocycles. The van der Waals surface area contributed by atoms with Crippen molar-refractivity contribution in [2.75, 3.05) is 39.8 Å². The van der Waals surface area contributed by atoms with Crippen molar-refractivity contribution in [3.8, 4) is 0 Å². The lowest BCUT2D eigenvalue weighted by Gasteiger charge is -2.35. The lowest BCUT2D eigenvalue weighted by Crippen LogP contribution is -2.49. The minimum Gasteiger partial charge on any atom is -0.374 e. The van der Waals surface area contributed by atoms with Crippen molar-refractivity contribution >= 4 is 5.91 Å². The smallest absolute Gasteiger partial charge is 0.224 e. The number of likely N-dealkylation sites (N-methyl/N-ethyl adjacent to an activating group) is 1. The molecule has 4 heteroatoms. The molecule has 0 N–H and O–H groups in total. The fraction of sp³-hybridized carbons (Fsp3) is 0.933. The standard InChI is InChI=1S/C14H28N2O2.CH4/c1-11(2)8-16-6-7-18-13(10-16)9-15(5)14(17)12(3)4;/h11-13H,6-10H2,1-5H3;1H4/t13-;/m1./s1. The van der Waals surface area contributed by atoms with E-state index in [0.29, 0.717) is 12.5 Å². The van der Waals surface area contributed by atoms with Crippen LogP contribution in [-0.2, 0) is 9.53 Å². The second-order valence-electron chi connectivity index (χ2n) is 6.02. The summed E-state index contributed by atoms with van der Waals surface area (Å²) in [4.78, 5) is 16.1. The van der Waals surface area contributed by atoms with Crippen LogP contribution in [0.5, 0.6) is 0 Å². The molecule has 1 fully saturated rings. The van der Waals surface area contributed by atoms with Gasteiger partial charge in [-0.15, -0.1) is 0 Å². The van der Waals surface area contributed by atoms with E-state index in [1.54, 1.807) is 4.90 Å². The van der Waals surface area contributed by atoms with Gasteiger partial charge < -0.3 is 9.64 Å². The molecule has 0 aromatic carbocycles. The zero-order valence-electron chi connectivity index (χ0n) is 12.5. The zero-order chi connectivity index (χ0) is 13.7. The van der Waals surface area contributed by atoms with Crippen LogP contribution in [0.4, 0.5) is 0 Å². The average molecular weight is 272 g/mol. The number of hydrogen-bond acceptors (Lipinski definition) is 3. The van der Waals surface area contributed by atoms with Crippen LogP contribution in [-0.4, -0.2) is 61.6 Å². The van der Waals surface area contributed by atoms with Gasteiger partial charge in [-0.3, -0.25) is 9.69 Å². The monoisotopic (exact) mass is 272 g/mol. The molecule has 0 spiro atoms. The van der Waals surface area contributed by atoms with Crippen LogP contribution in [0.25, 0.3) is 0 Å². The van der Waals surface area contributed by atoms with Gasteiger partial charge in [0.05, 0.1) is 12.7 Å². The second kappa shape index (κ2) is 8.54. The van der Waals surface area contributed by atoms with Crippen molar-refractivity contribution < 1.29 is 9.53 Å². The fourth-order valence-electron chi connectivity index (χ4n) is 2.41. The van der Waals surface area contributed by atoms with Crippen molar-refractivity contribution in [3.63, 3.8) is 0 Å². The number of morpholine rings is 1. The highest BCUT2D eigenvalue weighted by molar-refractivity contribution is 5.77. The topological polar surface area (TPSA) is 32.8 Å². The van der Waals surface area contributed by atoms with Crippen molar-refractivity contribution in [1.82, 2.24) is 9.80 Å². The molecule has 0 aromatic rings. The summed E-state index contributed by atoms with van der Waals surface area (Å²) in [6.07, 6.45) is 0.158. The Bertz CT molecular complexity index is 267. The molecule has 1 amide bonds. The normalized spacial score (nSPS) is 20.5. The summed E-state index contributed by atoms with van der Waals surface area (Å²) in [5.74, 6) is 0.934. The molecule has 1 atom stereocenters. The maximum atomic E-state index is 11.8. The maximum Gasteiger partial charge on any atom is 0.224 e. The van der Waals surface area contributed by atoms with Crippen LogP contribution in [0.2, 0.25) is 0 Å². The van der Waals surface area contributed by atoms with Gasteiger partial charge in [-0.05, 0) is 5.92 Å². The molecule has 1 aliphatic rings. The molecule has 0 unspecified atom stereocenters. The molecule has 0 radical (unpaired) electrons. The van der Waals surface area contributed by atoms with E-state index >= 15 is 0 Å². The summed E-state index contributed by atoms with van der Waals surface area (Å²) < 4.78 is 5.75. The minimum absolute atomic E-state index is 0. The fourth-order valence-corrected chi connectivity index (χ4v) is 2.41. The van der Waals surface area contributed by atoms with Crippen LogP contribution in [0.15, 0.2) is 0 Å². The van der Waals surface area contributed by atoms with Crippen molar-refractivity contribution in [1.29, 1.82) is 0 Å². The first kappa shape index (κ1) is 18.4. The van der Waals surface area contributed by atoms with Gasteiger partial charge >= 0.3 is 0 Å². The number of rotatable bonds is 5. The SMILES string of the molecule is C.CC(C)CN1CCO[C@H](CN(C)C(=O)C(C)C)C1. The van der Waals surface area contributed by atoms with Crippen molar-refractivity contribution in [2.45, 2.75) is 41.2 Å². The van der Waals surface area contributed by atoms with E-state index < -0.39 is 0 Å². The summed E-state index contributed by atoms with van der Waals surface area (Å²) in [7, 11) is 1.87. The van der Waals surface area contributed by atoms with Gasteiger partial charge in [0.25, 0.3) is 0 Å². The van der Waals surface area contributed by atoms with E-state index in [1.807, 2.05) is 20.9 Å². The van der Waals surface area contributed by atoms with Gasteiger partial charge in [0.1, 0.15) is 0 Å². The molecule has 0 aromatic heterocycles. The van der Waals surface area contributed by atoms with Gasteiger partial charge in [-0.25, -0.2) is 0 Å². The molecule has 0 bridgehead atoms. The molecule has 19 heavy (non-hydrogen) atoms. The Balaban J connectivity index is 0.00000324. The second-order valence-corrected chi connectivity index (χ2v) is 6.02. The predicted molar refractivity (Wildman–Crippen MR) is 80.2 cm³/mol. The number of hydrogen-bond donors (Lipinski definition) is 0. The molecular weight excluding hydrogens is 240 g/mol. The molecule has 1 heterocycles. The van der Waals surface area contributed by atoms with E-state index in [4.69, 9.17) is 4.74 Å². The Morgan fingerprint density at radius 1 is 1.37 bits per heavy atom. The molecule has 0 saturated carbocycles. The number of amides is 1. The van der Waals surface area contributed by atoms with Crippen LogP contribution < -0.4 is 0 Å². The highest BCUT2D eigenvalue weighted by Gasteiger charge is 2.24. The van der Waals surface area contributed by atoms with Crippen molar-refractivity contribution in [2.24, 2.45) is 11.8 Å². The summed E-state index contributed by atoms with van der Waals surface area (Å²) in [5, 5.41) is 0. The molecule has 114 valence electrons. The van der Waals surface area contributed by atoms with Gasteiger partial charge in [-0.2, -0.15) is 0 Å². The summed E-state index contributed by atoms with van der Waals surface area (Å²) in [5.41, 5.74) is 0. The van der Waals surface area contributed by atoms with E-state index in [9.17, 15) is 4.79 Å². The first-order valence-electron chi connectivity index (χ1n) is 6.99. The quantitative estimate of drug-likeness (QED) is 0.768. The number of carbonyl (C=O) groups is 1. The Morgan fingerprint density at radius 3 is 2.53 bits per heavy atom. The van der Waals surface area contributed by atoms with Crippen LogP contribution in [0, 0.1) is 11.8 Å². The third kappa shape index (κ3) is 6.39. The Labute approximate surface area is 119 Å². The lowest BCUT2D eigenvalue weighted by atomic mass is 10.1.